The van der Waals surface area contributed by atoms with Crippen LogP contribution in [0.15, 0.2) is 40.9 Å². The van der Waals surface area contributed by atoms with E-state index in [4.69, 9.17) is 11.6 Å². The molecule has 3 rings (SSSR count). The molecule has 1 N–H and O–H groups in total. The Labute approximate surface area is 133 Å². The Hall–Kier alpha value is -0.990. The van der Waals surface area contributed by atoms with Gasteiger partial charge >= 0.3 is 0 Å². The van der Waals surface area contributed by atoms with Gasteiger partial charge in [-0.2, -0.15) is 0 Å². The molecule has 0 saturated heterocycles. The van der Waals surface area contributed by atoms with Crippen molar-refractivity contribution < 1.29 is 0 Å². The van der Waals surface area contributed by atoms with Crippen molar-refractivity contribution in [1.29, 1.82) is 0 Å². The molecule has 0 amide bonds. The molecule has 0 radical (unpaired) electrons. The monoisotopic (exact) mass is 349 g/mol. The van der Waals surface area contributed by atoms with Gasteiger partial charge in [0.15, 0.2) is 0 Å². The number of fused-ring (bicyclic) bond motifs is 1. The van der Waals surface area contributed by atoms with E-state index < -0.39 is 0 Å². The second-order valence-corrected chi connectivity index (χ2v) is 6.64. The van der Waals surface area contributed by atoms with Gasteiger partial charge < -0.3 is 5.32 Å². The average molecular weight is 351 g/mol. The summed E-state index contributed by atoms with van der Waals surface area (Å²) in [6, 6.07) is 13.1. The van der Waals surface area contributed by atoms with E-state index in [1.165, 1.54) is 36.0 Å². The molecular weight excluding hydrogens is 334 g/mol. The van der Waals surface area contributed by atoms with Crippen LogP contribution in [-0.2, 0) is 12.8 Å². The largest absolute Gasteiger partial charge is 0.378 e. The van der Waals surface area contributed by atoms with Gasteiger partial charge in [-0.3, -0.25) is 0 Å². The van der Waals surface area contributed by atoms with E-state index >= 15 is 0 Å². The lowest BCUT2D eigenvalue weighted by molar-refractivity contribution is 0.879. The lowest BCUT2D eigenvalue weighted by Crippen LogP contribution is -2.07. The summed E-state index contributed by atoms with van der Waals surface area (Å²) in [5.41, 5.74) is 5.42. The van der Waals surface area contributed by atoms with Crippen molar-refractivity contribution in [2.45, 2.75) is 32.2 Å². The molecule has 0 heterocycles. The number of hydrogen-bond donors (Lipinski definition) is 1. The molecule has 20 heavy (non-hydrogen) atoms. The quantitative estimate of drug-likeness (QED) is 0.741. The van der Waals surface area contributed by atoms with Crippen molar-refractivity contribution in [3.8, 4) is 0 Å². The number of halogens is 2. The standard InChI is InChI=1S/C17H17BrClN/c1-11(20-15-7-8-16(18)17(19)10-15)13-6-5-12-3-2-4-14(12)9-13/h5-11,20H,2-4H2,1H3. The van der Waals surface area contributed by atoms with Gasteiger partial charge in [0.2, 0.25) is 0 Å². The molecule has 0 saturated carbocycles. The number of benzene rings is 2. The minimum Gasteiger partial charge on any atom is -0.378 e. The van der Waals surface area contributed by atoms with Crippen molar-refractivity contribution in [3.05, 3.63) is 62.6 Å². The second-order valence-electron chi connectivity index (χ2n) is 5.38. The minimum atomic E-state index is 0.276. The molecule has 0 bridgehead atoms. The number of hydrogen-bond acceptors (Lipinski definition) is 1. The van der Waals surface area contributed by atoms with Crippen LogP contribution in [-0.4, -0.2) is 0 Å². The van der Waals surface area contributed by atoms with Crippen molar-refractivity contribution in [3.63, 3.8) is 0 Å². The summed E-state index contributed by atoms with van der Waals surface area (Å²) >= 11 is 9.55. The van der Waals surface area contributed by atoms with Crippen LogP contribution < -0.4 is 5.32 Å². The fourth-order valence-corrected chi connectivity index (χ4v) is 3.21. The van der Waals surface area contributed by atoms with Crippen molar-refractivity contribution in [2.75, 3.05) is 5.32 Å². The van der Waals surface area contributed by atoms with Crippen LogP contribution in [0.5, 0.6) is 0 Å². The highest BCUT2D eigenvalue weighted by atomic mass is 79.9. The molecular formula is C17H17BrClN. The lowest BCUT2D eigenvalue weighted by atomic mass is 10.0. The maximum atomic E-state index is 6.13. The highest BCUT2D eigenvalue weighted by Gasteiger charge is 2.13. The molecule has 0 aromatic heterocycles. The number of aryl methyl sites for hydroxylation is 2. The first kappa shape index (κ1) is 14.0. The Morgan fingerprint density at radius 1 is 1.10 bits per heavy atom. The van der Waals surface area contributed by atoms with Crippen LogP contribution >= 0.6 is 27.5 Å². The Kier molecular flexibility index (Phi) is 4.04. The van der Waals surface area contributed by atoms with E-state index in [0.29, 0.717) is 0 Å². The zero-order chi connectivity index (χ0) is 14.1. The van der Waals surface area contributed by atoms with E-state index in [9.17, 15) is 0 Å². The fraction of sp³-hybridized carbons (Fsp3) is 0.294. The van der Waals surface area contributed by atoms with Crippen LogP contribution in [0.25, 0.3) is 0 Å². The van der Waals surface area contributed by atoms with E-state index in [1.807, 2.05) is 18.2 Å². The zero-order valence-corrected chi connectivity index (χ0v) is 13.8. The van der Waals surface area contributed by atoms with Crippen LogP contribution in [0, 0.1) is 0 Å². The second kappa shape index (κ2) is 5.79. The topological polar surface area (TPSA) is 12.0 Å². The molecule has 0 aliphatic heterocycles. The summed E-state index contributed by atoms with van der Waals surface area (Å²) in [6.07, 6.45) is 3.75. The lowest BCUT2D eigenvalue weighted by Gasteiger charge is -2.17. The van der Waals surface area contributed by atoms with Crippen LogP contribution in [0.4, 0.5) is 5.69 Å². The maximum Gasteiger partial charge on any atom is 0.0568 e. The van der Waals surface area contributed by atoms with Crippen LogP contribution in [0.2, 0.25) is 5.02 Å². The summed E-state index contributed by atoms with van der Waals surface area (Å²) < 4.78 is 0.926. The van der Waals surface area contributed by atoms with Crippen molar-refractivity contribution in [1.82, 2.24) is 0 Å². The third kappa shape index (κ3) is 2.87. The third-order valence-electron chi connectivity index (χ3n) is 3.93. The molecule has 0 fully saturated rings. The first-order valence-corrected chi connectivity index (χ1v) is 8.14. The first-order valence-electron chi connectivity index (χ1n) is 6.97. The average Bonchev–Trinajstić information content (AvgIpc) is 2.90. The normalized spacial score (nSPS) is 14.9. The van der Waals surface area contributed by atoms with E-state index in [0.717, 1.165) is 15.2 Å². The van der Waals surface area contributed by atoms with Gasteiger partial charge in [0.05, 0.1) is 5.02 Å². The molecule has 2 aromatic carbocycles. The van der Waals surface area contributed by atoms with Gasteiger partial charge in [0, 0.05) is 16.2 Å². The molecule has 0 spiro atoms. The number of rotatable bonds is 3. The summed E-state index contributed by atoms with van der Waals surface area (Å²) in [5.74, 6) is 0. The van der Waals surface area contributed by atoms with E-state index in [1.54, 1.807) is 0 Å². The Morgan fingerprint density at radius 2 is 1.90 bits per heavy atom. The van der Waals surface area contributed by atoms with Gasteiger partial charge in [-0.25, -0.2) is 0 Å². The molecule has 1 nitrogen and oxygen atoms in total. The predicted octanol–water partition coefficient (Wildman–Crippen LogP) is 5.76. The van der Waals surface area contributed by atoms with Gasteiger partial charge in [0.1, 0.15) is 0 Å². The molecule has 104 valence electrons. The smallest absolute Gasteiger partial charge is 0.0568 e. The summed E-state index contributed by atoms with van der Waals surface area (Å²) in [7, 11) is 0. The summed E-state index contributed by atoms with van der Waals surface area (Å²) in [6.45, 7) is 2.19. The predicted molar refractivity (Wildman–Crippen MR) is 89.7 cm³/mol. The highest BCUT2D eigenvalue weighted by Crippen LogP contribution is 2.29. The molecule has 1 unspecified atom stereocenters. The molecule has 3 heteroatoms. The van der Waals surface area contributed by atoms with Crippen molar-refractivity contribution in [2.24, 2.45) is 0 Å². The van der Waals surface area contributed by atoms with E-state index in [-0.39, 0.29) is 6.04 Å². The molecule has 2 aromatic rings. The van der Waals surface area contributed by atoms with Gasteiger partial charge in [-0.05, 0) is 77.0 Å². The van der Waals surface area contributed by atoms with Crippen molar-refractivity contribution >= 4 is 33.2 Å². The van der Waals surface area contributed by atoms with E-state index in [2.05, 4.69) is 46.4 Å². The number of anilines is 1. The Morgan fingerprint density at radius 3 is 2.70 bits per heavy atom. The Balaban J connectivity index is 1.78. The zero-order valence-electron chi connectivity index (χ0n) is 11.4. The van der Waals surface area contributed by atoms with Gasteiger partial charge in [-0.1, -0.05) is 29.8 Å². The summed E-state index contributed by atoms with van der Waals surface area (Å²) in [4.78, 5) is 0. The third-order valence-corrected chi connectivity index (χ3v) is 5.16. The maximum absolute atomic E-state index is 6.13. The number of nitrogens with one attached hydrogen (secondary N) is 1. The molecule has 1 atom stereocenters. The van der Waals surface area contributed by atoms with Crippen LogP contribution in [0.3, 0.4) is 0 Å². The first-order chi connectivity index (χ1) is 9.63. The van der Waals surface area contributed by atoms with Gasteiger partial charge in [-0.15, -0.1) is 0 Å². The molecule has 1 aliphatic carbocycles. The van der Waals surface area contributed by atoms with Crippen LogP contribution in [0.1, 0.15) is 36.1 Å². The minimum absolute atomic E-state index is 0.276. The Bertz CT molecular complexity index is 639. The summed E-state index contributed by atoms with van der Waals surface area (Å²) in [5, 5.41) is 4.24. The SMILES string of the molecule is CC(Nc1ccc(Br)c(Cl)c1)c1ccc2c(c1)CCC2. The highest BCUT2D eigenvalue weighted by molar-refractivity contribution is 9.10. The van der Waals surface area contributed by atoms with Gasteiger partial charge in [0.25, 0.3) is 0 Å². The molecule has 1 aliphatic rings. The fourth-order valence-electron chi connectivity index (χ4n) is 2.78.